The lowest BCUT2D eigenvalue weighted by atomic mass is 9.70. The van der Waals surface area contributed by atoms with Crippen molar-refractivity contribution in [2.45, 2.75) is 52.0 Å². The van der Waals surface area contributed by atoms with Crippen LogP contribution in [0.15, 0.2) is 30.3 Å². The number of rotatable bonds is 5. The molecule has 0 saturated heterocycles. The van der Waals surface area contributed by atoms with Crippen LogP contribution in [0.25, 0.3) is 0 Å². The summed E-state index contributed by atoms with van der Waals surface area (Å²) in [4.78, 5) is 12.4. The third-order valence-electron chi connectivity index (χ3n) is 4.30. The van der Waals surface area contributed by atoms with Crippen molar-refractivity contribution in [3.8, 4) is 0 Å². The molecule has 1 aliphatic rings. The molecule has 3 nitrogen and oxygen atoms in total. The maximum Gasteiger partial charge on any atom is 0.329 e. The van der Waals surface area contributed by atoms with Crippen LogP contribution >= 0.6 is 0 Å². The van der Waals surface area contributed by atoms with Gasteiger partial charge in [-0.15, -0.1) is 0 Å². The van der Waals surface area contributed by atoms with Crippen molar-refractivity contribution >= 4 is 11.7 Å². The molecule has 2 rings (SSSR count). The topological polar surface area (TPSA) is 38.3 Å². The highest BCUT2D eigenvalue weighted by atomic mass is 16.5. The minimum absolute atomic E-state index is 0.0135. The first kappa shape index (κ1) is 14.9. The predicted octanol–water partition coefficient (Wildman–Crippen LogP) is 4.00. The number of hydrogen-bond donors (Lipinski definition) is 1. The smallest absolute Gasteiger partial charge is 0.329 e. The van der Waals surface area contributed by atoms with Gasteiger partial charge in [-0.1, -0.05) is 44.4 Å². The molecule has 0 amide bonds. The van der Waals surface area contributed by atoms with Crippen LogP contribution in [0.1, 0.15) is 46.0 Å². The largest absolute Gasteiger partial charge is 0.464 e. The van der Waals surface area contributed by atoms with E-state index in [1.807, 2.05) is 37.3 Å². The molecule has 1 aliphatic carbocycles. The van der Waals surface area contributed by atoms with Gasteiger partial charge in [0.1, 0.15) is 6.04 Å². The lowest BCUT2D eigenvalue weighted by Gasteiger charge is -2.40. The first-order valence-corrected chi connectivity index (χ1v) is 7.64. The number of nitrogens with one attached hydrogen (secondary N) is 1. The molecule has 1 unspecified atom stereocenters. The Morgan fingerprint density at radius 2 is 1.90 bits per heavy atom. The van der Waals surface area contributed by atoms with E-state index < -0.39 is 0 Å². The summed E-state index contributed by atoms with van der Waals surface area (Å²) in [5.41, 5.74) is 0.970. The monoisotopic (exact) mass is 275 g/mol. The average molecular weight is 275 g/mol. The van der Waals surface area contributed by atoms with E-state index >= 15 is 0 Å². The lowest BCUT2D eigenvalue weighted by molar-refractivity contribution is -0.147. The summed E-state index contributed by atoms with van der Waals surface area (Å²) in [5.74, 6) is -0.124. The van der Waals surface area contributed by atoms with Crippen molar-refractivity contribution in [1.29, 1.82) is 0 Å². The zero-order chi connectivity index (χ0) is 14.4. The van der Waals surface area contributed by atoms with E-state index in [-0.39, 0.29) is 17.4 Å². The SMILES string of the molecule is CCOC(=O)C(Nc1ccccc1)C1(C)CCCCC1. The van der Waals surface area contributed by atoms with Crippen molar-refractivity contribution in [2.75, 3.05) is 11.9 Å². The zero-order valence-corrected chi connectivity index (χ0v) is 12.5. The number of benzene rings is 1. The van der Waals surface area contributed by atoms with Crippen LogP contribution in [0.3, 0.4) is 0 Å². The van der Waals surface area contributed by atoms with Gasteiger partial charge in [0.05, 0.1) is 6.61 Å². The van der Waals surface area contributed by atoms with E-state index in [1.54, 1.807) is 0 Å². The number of ether oxygens (including phenoxy) is 1. The molecule has 0 heterocycles. The maximum absolute atomic E-state index is 12.4. The first-order chi connectivity index (χ1) is 9.65. The summed E-state index contributed by atoms with van der Waals surface area (Å²) in [6, 6.07) is 9.68. The van der Waals surface area contributed by atoms with E-state index in [1.165, 1.54) is 19.3 Å². The van der Waals surface area contributed by atoms with E-state index in [9.17, 15) is 4.79 Å². The molecule has 0 aliphatic heterocycles. The summed E-state index contributed by atoms with van der Waals surface area (Å²) < 4.78 is 5.29. The minimum atomic E-state index is -0.259. The zero-order valence-electron chi connectivity index (χ0n) is 12.5. The van der Waals surface area contributed by atoms with Gasteiger partial charge in [-0.2, -0.15) is 0 Å². The molecule has 1 fully saturated rings. The molecule has 0 bridgehead atoms. The van der Waals surface area contributed by atoms with Gasteiger partial charge in [0.25, 0.3) is 0 Å². The Hall–Kier alpha value is -1.51. The quantitative estimate of drug-likeness (QED) is 0.825. The van der Waals surface area contributed by atoms with Gasteiger partial charge in [0.15, 0.2) is 0 Å². The van der Waals surface area contributed by atoms with Gasteiger partial charge in [0, 0.05) is 5.69 Å². The molecule has 1 atom stereocenters. The Kier molecular flexibility index (Phi) is 5.05. The van der Waals surface area contributed by atoms with Crippen molar-refractivity contribution in [2.24, 2.45) is 5.41 Å². The second-order valence-electron chi connectivity index (χ2n) is 5.91. The Morgan fingerprint density at radius 1 is 1.25 bits per heavy atom. The molecular weight excluding hydrogens is 250 g/mol. The van der Waals surface area contributed by atoms with Crippen LogP contribution in [0, 0.1) is 5.41 Å². The molecule has 1 aromatic carbocycles. The first-order valence-electron chi connectivity index (χ1n) is 7.64. The number of anilines is 1. The number of carbonyl (C=O) groups is 1. The Morgan fingerprint density at radius 3 is 2.50 bits per heavy atom. The third-order valence-corrected chi connectivity index (χ3v) is 4.30. The molecule has 0 aromatic heterocycles. The van der Waals surface area contributed by atoms with Gasteiger partial charge >= 0.3 is 5.97 Å². The standard InChI is InChI=1S/C17H25NO2/c1-3-20-16(19)15(17(2)12-8-5-9-13-17)18-14-10-6-4-7-11-14/h4,6-7,10-11,15,18H,3,5,8-9,12-13H2,1-2H3. The van der Waals surface area contributed by atoms with Gasteiger partial charge in [-0.25, -0.2) is 4.79 Å². The summed E-state index contributed by atoms with van der Waals surface area (Å²) in [7, 11) is 0. The molecule has 3 heteroatoms. The highest BCUT2D eigenvalue weighted by Gasteiger charge is 2.40. The fourth-order valence-electron chi connectivity index (χ4n) is 3.09. The van der Waals surface area contributed by atoms with Crippen molar-refractivity contribution in [3.63, 3.8) is 0 Å². The molecule has 0 radical (unpaired) electrons. The summed E-state index contributed by atoms with van der Waals surface area (Å²) in [5, 5.41) is 3.40. The molecule has 1 aromatic rings. The Bertz CT molecular complexity index is 424. The summed E-state index contributed by atoms with van der Waals surface area (Å²) in [6.45, 7) is 4.51. The van der Waals surface area contributed by atoms with Crippen LogP contribution in [0.5, 0.6) is 0 Å². The number of esters is 1. The molecule has 110 valence electrons. The van der Waals surface area contributed by atoms with E-state index in [0.29, 0.717) is 6.61 Å². The van der Waals surface area contributed by atoms with Crippen molar-refractivity contribution < 1.29 is 9.53 Å². The summed E-state index contributed by atoms with van der Waals surface area (Å²) >= 11 is 0. The van der Waals surface area contributed by atoms with Crippen LogP contribution in [-0.4, -0.2) is 18.6 Å². The second kappa shape index (κ2) is 6.78. The van der Waals surface area contributed by atoms with E-state index in [2.05, 4.69) is 12.2 Å². The Balaban J connectivity index is 2.17. The molecule has 0 spiro atoms. The van der Waals surface area contributed by atoms with Gasteiger partial charge in [-0.05, 0) is 37.3 Å². The van der Waals surface area contributed by atoms with Crippen LogP contribution in [0.4, 0.5) is 5.69 Å². The lowest BCUT2D eigenvalue weighted by Crippen LogP contribution is -2.46. The molecular formula is C17H25NO2. The van der Waals surface area contributed by atoms with Crippen LogP contribution in [-0.2, 0) is 9.53 Å². The number of para-hydroxylation sites is 1. The fourth-order valence-corrected chi connectivity index (χ4v) is 3.09. The third kappa shape index (κ3) is 3.53. The van der Waals surface area contributed by atoms with Crippen molar-refractivity contribution in [3.05, 3.63) is 30.3 Å². The van der Waals surface area contributed by atoms with Crippen LogP contribution < -0.4 is 5.32 Å². The predicted molar refractivity (Wildman–Crippen MR) is 81.7 cm³/mol. The maximum atomic E-state index is 12.4. The van der Waals surface area contributed by atoms with Gasteiger partial charge < -0.3 is 10.1 Å². The fraction of sp³-hybridized carbons (Fsp3) is 0.588. The van der Waals surface area contributed by atoms with Gasteiger partial charge in [-0.3, -0.25) is 0 Å². The number of hydrogen-bond acceptors (Lipinski definition) is 3. The van der Waals surface area contributed by atoms with Crippen LogP contribution in [0.2, 0.25) is 0 Å². The van der Waals surface area contributed by atoms with E-state index in [0.717, 1.165) is 18.5 Å². The highest BCUT2D eigenvalue weighted by Crippen LogP contribution is 2.40. The minimum Gasteiger partial charge on any atom is -0.464 e. The number of carbonyl (C=O) groups excluding carboxylic acids is 1. The Labute approximate surface area is 121 Å². The average Bonchev–Trinajstić information content (AvgIpc) is 2.47. The van der Waals surface area contributed by atoms with E-state index in [4.69, 9.17) is 4.74 Å². The molecule has 1 saturated carbocycles. The normalized spacial score (nSPS) is 19.1. The molecule has 1 N–H and O–H groups in total. The van der Waals surface area contributed by atoms with Gasteiger partial charge in [0.2, 0.25) is 0 Å². The highest BCUT2D eigenvalue weighted by molar-refractivity contribution is 5.80. The summed E-state index contributed by atoms with van der Waals surface area (Å²) in [6.07, 6.45) is 5.83. The molecule has 20 heavy (non-hydrogen) atoms. The second-order valence-corrected chi connectivity index (χ2v) is 5.91. The van der Waals surface area contributed by atoms with Crippen molar-refractivity contribution in [1.82, 2.24) is 0 Å².